The molecule has 5 rings (SSSR count). The largest absolute Gasteiger partial charge is 0.459 e. The molecule has 3 aromatic carbocycles. The van der Waals surface area contributed by atoms with Crippen LogP contribution in [0.25, 0.3) is 0 Å². The van der Waals surface area contributed by atoms with E-state index >= 15 is 0 Å². The monoisotopic (exact) mass is 609 g/mol. The number of anilines is 2. The van der Waals surface area contributed by atoms with Crippen molar-refractivity contribution >= 4 is 23.3 Å². The summed E-state index contributed by atoms with van der Waals surface area (Å²) in [5.41, 5.74) is 8.52. The Hall–Kier alpha value is -5.70. The molecule has 0 saturated heterocycles. The maximum absolute atomic E-state index is 13.8. The smallest absolute Gasteiger partial charge is 0.342 e. The number of nitrogens with zero attached hydrogens (tertiary/aromatic N) is 5. The van der Waals surface area contributed by atoms with Gasteiger partial charge in [-0.25, -0.2) is 9.18 Å². The van der Waals surface area contributed by atoms with E-state index in [0.29, 0.717) is 18.8 Å². The SMILES string of the molecule is CCC(F)COC(=O)c1ccc(C#N)cc1Oc1nc(Oc2cccc(C3=NCCN3C)c2)nc(NCc2ccccc2)c1N. The van der Waals surface area contributed by atoms with Crippen LogP contribution in [0.15, 0.2) is 77.8 Å². The van der Waals surface area contributed by atoms with Gasteiger partial charge in [0, 0.05) is 25.7 Å². The third kappa shape index (κ3) is 7.64. The molecule has 0 radical (unpaired) electrons. The van der Waals surface area contributed by atoms with Gasteiger partial charge in [-0.3, -0.25) is 4.99 Å². The second-order valence-corrected chi connectivity index (χ2v) is 10.2. The fourth-order valence-corrected chi connectivity index (χ4v) is 4.43. The van der Waals surface area contributed by atoms with Gasteiger partial charge in [-0.1, -0.05) is 49.4 Å². The molecule has 0 amide bonds. The van der Waals surface area contributed by atoms with Crippen LogP contribution in [0.3, 0.4) is 0 Å². The molecule has 3 N–H and O–H groups in total. The molecule has 0 fully saturated rings. The highest BCUT2D eigenvalue weighted by Gasteiger charge is 2.22. The average Bonchev–Trinajstić information content (AvgIpc) is 3.50. The van der Waals surface area contributed by atoms with Crippen LogP contribution < -0.4 is 20.5 Å². The predicted octanol–water partition coefficient (Wildman–Crippen LogP) is 5.72. The van der Waals surface area contributed by atoms with Gasteiger partial charge in [-0.05, 0) is 42.3 Å². The van der Waals surface area contributed by atoms with E-state index in [4.69, 9.17) is 19.9 Å². The summed E-state index contributed by atoms with van der Waals surface area (Å²) in [6.45, 7) is 3.15. The van der Waals surface area contributed by atoms with Gasteiger partial charge in [0.1, 0.15) is 41.4 Å². The lowest BCUT2D eigenvalue weighted by molar-refractivity contribution is 0.0393. The number of ether oxygens (including phenoxy) is 3. The minimum Gasteiger partial charge on any atom is -0.459 e. The van der Waals surface area contributed by atoms with Crippen molar-refractivity contribution in [1.29, 1.82) is 5.26 Å². The number of esters is 1. The van der Waals surface area contributed by atoms with Gasteiger partial charge < -0.3 is 30.2 Å². The first-order valence-electron chi connectivity index (χ1n) is 14.4. The molecule has 1 atom stereocenters. The number of nitrogens with one attached hydrogen (secondary N) is 1. The molecule has 230 valence electrons. The quantitative estimate of drug-likeness (QED) is 0.191. The lowest BCUT2D eigenvalue weighted by atomic mass is 10.1. The number of hydrogen-bond donors (Lipinski definition) is 2. The summed E-state index contributed by atoms with van der Waals surface area (Å²) in [6, 6.07) is 23.1. The van der Waals surface area contributed by atoms with Crippen molar-refractivity contribution in [3.05, 3.63) is 95.1 Å². The highest BCUT2D eigenvalue weighted by atomic mass is 19.1. The Morgan fingerprint density at radius 3 is 2.67 bits per heavy atom. The van der Waals surface area contributed by atoms with Crippen molar-refractivity contribution in [3.8, 4) is 29.5 Å². The van der Waals surface area contributed by atoms with Crippen LogP contribution in [-0.4, -0.2) is 59.6 Å². The summed E-state index contributed by atoms with van der Waals surface area (Å²) < 4.78 is 31.1. The van der Waals surface area contributed by atoms with Crippen LogP contribution in [0, 0.1) is 11.3 Å². The maximum Gasteiger partial charge on any atom is 0.342 e. The maximum atomic E-state index is 13.8. The van der Waals surface area contributed by atoms with E-state index in [1.807, 2.05) is 61.6 Å². The van der Waals surface area contributed by atoms with Gasteiger partial charge in [0.15, 0.2) is 5.82 Å². The van der Waals surface area contributed by atoms with Crippen LogP contribution in [0.4, 0.5) is 15.9 Å². The second-order valence-electron chi connectivity index (χ2n) is 10.2. The summed E-state index contributed by atoms with van der Waals surface area (Å²) in [5.74, 6) is 0.510. The Labute approximate surface area is 260 Å². The summed E-state index contributed by atoms with van der Waals surface area (Å²) in [6.07, 6.45) is -1.12. The summed E-state index contributed by atoms with van der Waals surface area (Å²) >= 11 is 0. The summed E-state index contributed by atoms with van der Waals surface area (Å²) in [4.78, 5) is 28.4. The van der Waals surface area contributed by atoms with Crippen molar-refractivity contribution in [3.63, 3.8) is 0 Å². The number of carbonyl (C=O) groups excluding carboxylic acids is 1. The number of rotatable bonds is 12. The third-order valence-corrected chi connectivity index (χ3v) is 6.93. The topological polar surface area (TPSA) is 148 Å². The Balaban J connectivity index is 1.49. The van der Waals surface area contributed by atoms with Gasteiger partial charge >= 0.3 is 12.0 Å². The number of nitrogen functional groups attached to an aromatic ring is 1. The molecule has 11 nitrogen and oxygen atoms in total. The Bertz CT molecular complexity index is 1740. The minimum absolute atomic E-state index is 0.0328. The van der Waals surface area contributed by atoms with E-state index in [9.17, 15) is 14.4 Å². The van der Waals surface area contributed by atoms with Gasteiger partial charge in [0.2, 0.25) is 0 Å². The average molecular weight is 610 g/mol. The second kappa shape index (κ2) is 14.2. The predicted molar refractivity (Wildman–Crippen MR) is 167 cm³/mol. The van der Waals surface area contributed by atoms with E-state index < -0.39 is 18.7 Å². The third-order valence-electron chi connectivity index (χ3n) is 6.93. The first kappa shape index (κ1) is 30.7. The number of carbonyl (C=O) groups is 1. The highest BCUT2D eigenvalue weighted by molar-refractivity contribution is 6.00. The van der Waals surface area contributed by atoms with Crippen molar-refractivity contribution in [1.82, 2.24) is 14.9 Å². The molecule has 4 aromatic rings. The molecule has 0 aliphatic carbocycles. The molecule has 0 bridgehead atoms. The van der Waals surface area contributed by atoms with E-state index in [-0.39, 0.29) is 46.7 Å². The molecule has 0 saturated carbocycles. The fraction of sp³-hybridized carbons (Fsp3) is 0.242. The zero-order chi connectivity index (χ0) is 31.8. The molecule has 1 unspecified atom stereocenters. The van der Waals surface area contributed by atoms with Gasteiger partial charge in [-0.15, -0.1) is 0 Å². The van der Waals surface area contributed by atoms with Crippen LogP contribution in [0.2, 0.25) is 0 Å². The van der Waals surface area contributed by atoms with E-state index in [2.05, 4.69) is 25.2 Å². The number of aliphatic imine (C=N–C) groups is 1. The lowest BCUT2D eigenvalue weighted by Crippen LogP contribution is -2.23. The molecule has 1 aliphatic rings. The highest BCUT2D eigenvalue weighted by Crippen LogP contribution is 2.36. The van der Waals surface area contributed by atoms with Crippen molar-refractivity contribution in [2.75, 3.05) is 37.8 Å². The number of nitrogens with two attached hydrogens (primary N) is 1. The molecule has 2 heterocycles. The molecule has 1 aromatic heterocycles. The zero-order valence-corrected chi connectivity index (χ0v) is 24.9. The zero-order valence-electron chi connectivity index (χ0n) is 24.9. The van der Waals surface area contributed by atoms with E-state index in [0.717, 1.165) is 23.5 Å². The molecule has 45 heavy (non-hydrogen) atoms. The molecule has 12 heteroatoms. The number of benzene rings is 3. The van der Waals surface area contributed by atoms with Crippen molar-refractivity contribution in [2.24, 2.45) is 4.99 Å². The first-order valence-corrected chi connectivity index (χ1v) is 14.4. The Morgan fingerprint density at radius 2 is 1.93 bits per heavy atom. The molecule has 0 spiro atoms. The van der Waals surface area contributed by atoms with Crippen LogP contribution in [-0.2, 0) is 11.3 Å². The van der Waals surface area contributed by atoms with Crippen LogP contribution in [0.1, 0.15) is 40.4 Å². The number of hydrogen-bond acceptors (Lipinski definition) is 11. The number of alkyl halides is 1. The van der Waals surface area contributed by atoms with Crippen LogP contribution in [0.5, 0.6) is 23.4 Å². The molecular formula is C33H32FN7O4. The summed E-state index contributed by atoms with van der Waals surface area (Å²) in [7, 11) is 1.97. The molecule has 1 aliphatic heterocycles. The van der Waals surface area contributed by atoms with Gasteiger partial charge in [0.25, 0.3) is 5.88 Å². The minimum atomic E-state index is -1.31. The number of halogens is 1. The number of likely N-dealkylation sites (N-methyl/N-ethyl adjacent to an activating group) is 1. The number of amidine groups is 1. The van der Waals surface area contributed by atoms with Gasteiger partial charge in [-0.2, -0.15) is 15.2 Å². The van der Waals surface area contributed by atoms with E-state index in [1.54, 1.807) is 13.0 Å². The fourth-order valence-electron chi connectivity index (χ4n) is 4.43. The summed E-state index contributed by atoms with van der Waals surface area (Å²) in [5, 5.41) is 12.7. The first-order chi connectivity index (χ1) is 21.8. The Morgan fingerprint density at radius 1 is 1.11 bits per heavy atom. The van der Waals surface area contributed by atoms with Gasteiger partial charge in [0.05, 0.1) is 18.2 Å². The van der Waals surface area contributed by atoms with E-state index in [1.165, 1.54) is 18.2 Å². The standard InChI is InChI=1S/C33H32FN7O4/c1-3-24(34)20-43-32(42)26-13-12-22(18-35)16-27(26)45-31-28(36)29(38-19-21-8-5-4-6-9-21)39-33(40-31)44-25-11-7-10-23(17-25)30-37-14-15-41(30)2/h4-13,16-17,24H,3,14-15,19-20,36H2,1-2H3,(H,38,39,40). The number of nitriles is 1. The number of aromatic nitrogens is 2. The normalized spacial score (nSPS) is 13.0. The van der Waals surface area contributed by atoms with Crippen molar-refractivity contribution in [2.45, 2.75) is 26.1 Å². The Kier molecular flexibility index (Phi) is 9.69. The van der Waals surface area contributed by atoms with Crippen molar-refractivity contribution < 1.29 is 23.4 Å². The lowest BCUT2D eigenvalue weighted by Gasteiger charge is -2.17. The molecular weight excluding hydrogens is 577 g/mol. The van der Waals surface area contributed by atoms with Crippen LogP contribution >= 0.6 is 0 Å².